The van der Waals surface area contributed by atoms with E-state index in [-0.39, 0.29) is 12.5 Å². The summed E-state index contributed by atoms with van der Waals surface area (Å²) in [5, 5.41) is 8.62. The minimum atomic E-state index is -0.735. The number of hydrogen-bond donors (Lipinski definition) is 1. The smallest absolute Gasteiger partial charge is 0.116 e. The normalized spacial score (nSPS) is 34.1. The second-order valence-corrected chi connectivity index (χ2v) is 3.34. The molecule has 0 spiro atoms. The number of aliphatic hydroxyl groups excluding tert-OH is 1. The quantitative estimate of drug-likeness (QED) is 0.643. The molecule has 3 heteroatoms. The third kappa shape index (κ3) is 2.42. The van der Waals surface area contributed by atoms with Crippen molar-refractivity contribution in [3.63, 3.8) is 0 Å². The maximum absolute atomic E-state index is 13.1. The molecule has 1 aliphatic rings. The van der Waals surface area contributed by atoms with Crippen molar-refractivity contribution in [2.45, 2.75) is 19.0 Å². The molecular formula is C8H16FNO. The van der Waals surface area contributed by atoms with E-state index in [1.165, 1.54) is 0 Å². The van der Waals surface area contributed by atoms with Crippen LogP contribution < -0.4 is 0 Å². The molecule has 0 aromatic carbocycles. The Bertz CT molecular complexity index is 121. The lowest BCUT2D eigenvalue weighted by molar-refractivity contribution is 0.0842. The Hall–Kier alpha value is -0.150. The van der Waals surface area contributed by atoms with Crippen LogP contribution in [0.3, 0.4) is 0 Å². The Morgan fingerprint density at radius 3 is 2.91 bits per heavy atom. The zero-order chi connectivity index (χ0) is 8.27. The molecule has 0 bridgehead atoms. The molecule has 0 amide bonds. The number of rotatable bonds is 2. The van der Waals surface area contributed by atoms with Gasteiger partial charge in [-0.3, -0.25) is 0 Å². The summed E-state index contributed by atoms with van der Waals surface area (Å²) >= 11 is 0. The van der Waals surface area contributed by atoms with Crippen molar-refractivity contribution in [2.24, 2.45) is 5.92 Å². The van der Waals surface area contributed by atoms with E-state index in [9.17, 15) is 4.39 Å². The summed E-state index contributed by atoms with van der Waals surface area (Å²) in [7, 11) is 1.93. The molecule has 1 heterocycles. The van der Waals surface area contributed by atoms with E-state index in [4.69, 9.17) is 5.11 Å². The molecule has 0 saturated carbocycles. The zero-order valence-corrected chi connectivity index (χ0v) is 6.96. The number of nitrogens with zero attached hydrogens (tertiary/aromatic N) is 1. The van der Waals surface area contributed by atoms with Crippen molar-refractivity contribution < 1.29 is 9.50 Å². The summed E-state index contributed by atoms with van der Waals surface area (Å²) in [5.41, 5.74) is 0. The molecule has 2 atom stereocenters. The average molecular weight is 161 g/mol. The zero-order valence-electron chi connectivity index (χ0n) is 6.96. The van der Waals surface area contributed by atoms with E-state index < -0.39 is 6.17 Å². The highest BCUT2D eigenvalue weighted by Gasteiger charge is 2.26. The van der Waals surface area contributed by atoms with Crippen molar-refractivity contribution in [2.75, 3.05) is 26.7 Å². The van der Waals surface area contributed by atoms with Gasteiger partial charge in [0.25, 0.3) is 0 Å². The molecule has 0 aliphatic carbocycles. The molecule has 11 heavy (non-hydrogen) atoms. The van der Waals surface area contributed by atoms with E-state index >= 15 is 0 Å². The van der Waals surface area contributed by atoms with Crippen molar-refractivity contribution >= 4 is 0 Å². The van der Waals surface area contributed by atoms with Crippen LogP contribution in [0.25, 0.3) is 0 Å². The Kier molecular flexibility index (Phi) is 3.27. The predicted octanol–water partition coefficient (Wildman–Crippen LogP) is 0.659. The number of hydrogen-bond acceptors (Lipinski definition) is 2. The minimum absolute atomic E-state index is 0.0937. The lowest BCUT2D eigenvalue weighted by Gasteiger charge is -2.31. The number of piperidine rings is 1. The Balaban J connectivity index is 2.31. The molecule has 1 saturated heterocycles. The summed E-state index contributed by atoms with van der Waals surface area (Å²) in [6.07, 6.45) is 0.772. The van der Waals surface area contributed by atoms with E-state index in [0.717, 1.165) is 13.0 Å². The van der Waals surface area contributed by atoms with Gasteiger partial charge in [-0.25, -0.2) is 4.39 Å². The first-order valence-electron chi connectivity index (χ1n) is 4.17. The highest BCUT2D eigenvalue weighted by atomic mass is 19.1. The number of alkyl halides is 1. The van der Waals surface area contributed by atoms with Gasteiger partial charge < -0.3 is 10.0 Å². The van der Waals surface area contributed by atoms with Gasteiger partial charge in [-0.15, -0.1) is 0 Å². The minimum Gasteiger partial charge on any atom is -0.396 e. The van der Waals surface area contributed by atoms with Gasteiger partial charge in [0.05, 0.1) is 0 Å². The lowest BCUT2D eigenvalue weighted by atomic mass is 9.92. The second-order valence-electron chi connectivity index (χ2n) is 3.34. The predicted molar refractivity (Wildman–Crippen MR) is 42.2 cm³/mol. The maximum Gasteiger partial charge on any atom is 0.116 e. The monoisotopic (exact) mass is 161 g/mol. The molecule has 2 nitrogen and oxygen atoms in total. The molecule has 1 aliphatic heterocycles. The summed E-state index contributed by atoms with van der Waals surface area (Å²) in [6, 6.07) is 0. The van der Waals surface area contributed by atoms with Crippen molar-refractivity contribution in [1.29, 1.82) is 0 Å². The second kappa shape index (κ2) is 4.02. The van der Waals surface area contributed by atoms with Gasteiger partial charge in [-0.1, -0.05) is 0 Å². The SMILES string of the molecule is CN1CCC(CCO)C(F)C1. The van der Waals surface area contributed by atoms with Gasteiger partial charge in [0.15, 0.2) is 0 Å². The van der Waals surface area contributed by atoms with E-state index in [2.05, 4.69) is 0 Å². The van der Waals surface area contributed by atoms with Gasteiger partial charge in [-0.05, 0) is 32.4 Å². The maximum atomic E-state index is 13.1. The molecule has 1 rings (SSSR count). The van der Waals surface area contributed by atoms with Crippen LogP contribution in [-0.4, -0.2) is 42.9 Å². The topological polar surface area (TPSA) is 23.5 Å². The summed E-state index contributed by atoms with van der Waals surface area (Å²) in [4.78, 5) is 2.00. The third-order valence-electron chi connectivity index (χ3n) is 2.38. The van der Waals surface area contributed by atoms with Crippen molar-refractivity contribution in [1.82, 2.24) is 4.90 Å². The molecule has 66 valence electrons. The molecular weight excluding hydrogens is 145 g/mol. The summed E-state index contributed by atoms with van der Waals surface area (Å²) in [6.45, 7) is 1.62. The fraction of sp³-hybridized carbons (Fsp3) is 1.00. The Morgan fingerprint density at radius 1 is 1.64 bits per heavy atom. The first-order chi connectivity index (χ1) is 5.24. The van der Waals surface area contributed by atoms with Crippen LogP contribution in [0.1, 0.15) is 12.8 Å². The highest BCUT2D eigenvalue weighted by molar-refractivity contribution is 4.78. The van der Waals surface area contributed by atoms with Crippen LogP contribution in [0.15, 0.2) is 0 Å². The molecule has 0 aromatic heterocycles. The fourth-order valence-corrected chi connectivity index (χ4v) is 1.60. The summed E-state index contributed by atoms with van der Waals surface area (Å²) < 4.78 is 13.1. The lowest BCUT2D eigenvalue weighted by Crippen LogP contribution is -2.39. The number of likely N-dealkylation sites (tertiary alicyclic amines) is 1. The highest BCUT2D eigenvalue weighted by Crippen LogP contribution is 2.22. The van der Waals surface area contributed by atoms with Gasteiger partial charge >= 0.3 is 0 Å². The fourth-order valence-electron chi connectivity index (χ4n) is 1.60. The van der Waals surface area contributed by atoms with E-state index in [1.54, 1.807) is 0 Å². The first kappa shape index (κ1) is 8.94. The van der Waals surface area contributed by atoms with Crippen LogP contribution in [0, 0.1) is 5.92 Å². The largest absolute Gasteiger partial charge is 0.396 e. The Morgan fingerprint density at radius 2 is 2.36 bits per heavy atom. The Labute approximate surface area is 67.0 Å². The van der Waals surface area contributed by atoms with Crippen molar-refractivity contribution in [3.05, 3.63) is 0 Å². The van der Waals surface area contributed by atoms with Crippen LogP contribution in [0.2, 0.25) is 0 Å². The summed E-state index contributed by atoms with van der Waals surface area (Å²) in [5.74, 6) is 0.0937. The van der Waals surface area contributed by atoms with E-state index in [0.29, 0.717) is 13.0 Å². The van der Waals surface area contributed by atoms with Gasteiger partial charge in [0.1, 0.15) is 6.17 Å². The first-order valence-corrected chi connectivity index (χ1v) is 4.17. The molecule has 2 unspecified atom stereocenters. The van der Waals surface area contributed by atoms with Gasteiger partial charge in [-0.2, -0.15) is 0 Å². The molecule has 0 radical (unpaired) electrons. The van der Waals surface area contributed by atoms with Crippen LogP contribution in [0.5, 0.6) is 0 Å². The molecule has 0 aromatic rings. The average Bonchev–Trinajstić information content (AvgIpc) is 1.95. The number of aliphatic hydroxyl groups is 1. The van der Waals surface area contributed by atoms with E-state index in [1.807, 2.05) is 11.9 Å². The molecule has 1 fully saturated rings. The number of halogens is 1. The van der Waals surface area contributed by atoms with Crippen LogP contribution in [0.4, 0.5) is 4.39 Å². The van der Waals surface area contributed by atoms with Gasteiger partial charge in [0, 0.05) is 13.2 Å². The van der Waals surface area contributed by atoms with Crippen LogP contribution >= 0.6 is 0 Å². The third-order valence-corrected chi connectivity index (χ3v) is 2.38. The molecule has 1 N–H and O–H groups in total. The van der Waals surface area contributed by atoms with Crippen molar-refractivity contribution in [3.8, 4) is 0 Å². The standard InChI is InChI=1S/C8H16FNO/c1-10-4-2-7(3-5-11)8(9)6-10/h7-8,11H,2-6H2,1H3. The van der Waals surface area contributed by atoms with Crippen LogP contribution in [-0.2, 0) is 0 Å². The van der Waals surface area contributed by atoms with Gasteiger partial charge in [0.2, 0.25) is 0 Å².